The van der Waals surface area contributed by atoms with Gasteiger partial charge in [0.15, 0.2) is 0 Å². The Balaban J connectivity index is 2.50. The summed E-state index contributed by atoms with van der Waals surface area (Å²) in [5, 5.41) is 9.11. The molecule has 1 amide bonds. The fourth-order valence-electron chi connectivity index (χ4n) is 3.31. The van der Waals surface area contributed by atoms with Gasteiger partial charge >= 0.3 is 0 Å². The first kappa shape index (κ1) is 16.5. The first-order chi connectivity index (χ1) is 8.83. The highest BCUT2D eigenvalue weighted by Crippen LogP contribution is 2.28. The molecule has 0 radical (unpaired) electrons. The minimum atomic E-state index is 0.186. The van der Waals surface area contributed by atoms with Gasteiger partial charge in [-0.25, -0.2) is 0 Å². The van der Waals surface area contributed by atoms with Crippen LogP contribution in [0.15, 0.2) is 0 Å². The third-order valence-electron chi connectivity index (χ3n) is 3.89. The average molecular weight is 269 g/mol. The molecule has 1 aliphatic heterocycles. The molecular formula is C16H31NO2. The molecule has 3 heteroatoms. The van der Waals surface area contributed by atoms with E-state index in [2.05, 4.69) is 27.7 Å². The lowest BCUT2D eigenvalue weighted by Gasteiger charge is -2.36. The van der Waals surface area contributed by atoms with Gasteiger partial charge in [-0.15, -0.1) is 0 Å². The van der Waals surface area contributed by atoms with Crippen molar-refractivity contribution in [1.82, 2.24) is 4.90 Å². The van der Waals surface area contributed by atoms with Crippen LogP contribution in [0.1, 0.15) is 66.2 Å². The zero-order valence-corrected chi connectivity index (χ0v) is 13.1. The Kier molecular flexibility index (Phi) is 6.31. The Morgan fingerprint density at radius 1 is 1.37 bits per heavy atom. The highest BCUT2D eigenvalue weighted by molar-refractivity contribution is 5.76. The molecule has 0 bridgehead atoms. The Labute approximate surface area is 118 Å². The van der Waals surface area contributed by atoms with E-state index in [-0.39, 0.29) is 24.0 Å². The third kappa shape index (κ3) is 5.94. The number of likely N-dealkylation sites (tertiary alicyclic amines) is 1. The Bertz CT molecular complexity index is 281. The molecule has 2 atom stereocenters. The maximum Gasteiger partial charge on any atom is 0.223 e. The van der Waals surface area contributed by atoms with Gasteiger partial charge in [-0.1, -0.05) is 27.7 Å². The second kappa shape index (κ2) is 7.28. The zero-order chi connectivity index (χ0) is 14.5. The van der Waals surface area contributed by atoms with Gasteiger partial charge in [-0.2, -0.15) is 0 Å². The van der Waals surface area contributed by atoms with Crippen LogP contribution in [-0.4, -0.2) is 35.1 Å². The molecule has 1 N–H and O–H groups in total. The molecule has 1 fully saturated rings. The van der Waals surface area contributed by atoms with Crippen LogP contribution in [0.5, 0.6) is 0 Å². The van der Waals surface area contributed by atoms with E-state index in [9.17, 15) is 4.79 Å². The normalized spacial score (nSPS) is 22.4. The number of aliphatic hydroxyl groups excluding tert-OH is 1. The molecule has 0 aliphatic carbocycles. The van der Waals surface area contributed by atoms with Crippen molar-refractivity contribution in [2.45, 2.75) is 72.3 Å². The number of piperidine rings is 1. The summed E-state index contributed by atoms with van der Waals surface area (Å²) in [7, 11) is 0. The van der Waals surface area contributed by atoms with Crippen LogP contribution >= 0.6 is 0 Å². The maximum absolute atomic E-state index is 12.4. The Morgan fingerprint density at radius 2 is 2.05 bits per heavy atom. The van der Waals surface area contributed by atoms with Crippen molar-refractivity contribution in [2.75, 3.05) is 13.2 Å². The van der Waals surface area contributed by atoms with Crippen molar-refractivity contribution in [2.24, 2.45) is 11.3 Å². The van der Waals surface area contributed by atoms with Gasteiger partial charge in [0.25, 0.3) is 0 Å². The van der Waals surface area contributed by atoms with Crippen molar-refractivity contribution in [3.63, 3.8) is 0 Å². The summed E-state index contributed by atoms with van der Waals surface area (Å²) in [5.41, 5.74) is 0.284. The molecule has 1 saturated heterocycles. The molecule has 0 aromatic heterocycles. The van der Waals surface area contributed by atoms with Crippen molar-refractivity contribution in [3.8, 4) is 0 Å². The van der Waals surface area contributed by atoms with E-state index < -0.39 is 0 Å². The molecule has 0 spiro atoms. The summed E-state index contributed by atoms with van der Waals surface area (Å²) in [6, 6.07) is 0.271. The van der Waals surface area contributed by atoms with E-state index in [4.69, 9.17) is 5.11 Å². The Hall–Kier alpha value is -0.570. The fraction of sp³-hybridized carbons (Fsp3) is 0.938. The lowest BCUT2D eigenvalue weighted by atomic mass is 9.84. The van der Waals surface area contributed by atoms with Crippen molar-refractivity contribution < 1.29 is 9.90 Å². The highest BCUT2D eigenvalue weighted by atomic mass is 16.3. The predicted molar refractivity (Wildman–Crippen MR) is 78.9 cm³/mol. The van der Waals surface area contributed by atoms with E-state index in [0.717, 1.165) is 32.2 Å². The topological polar surface area (TPSA) is 40.5 Å². The average Bonchev–Trinajstić information content (AvgIpc) is 2.27. The van der Waals surface area contributed by atoms with Gasteiger partial charge in [-0.3, -0.25) is 4.79 Å². The lowest BCUT2D eigenvalue weighted by molar-refractivity contribution is -0.136. The molecule has 1 heterocycles. The van der Waals surface area contributed by atoms with Gasteiger partial charge in [0.1, 0.15) is 0 Å². The highest BCUT2D eigenvalue weighted by Gasteiger charge is 2.27. The molecule has 1 rings (SSSR count). The summed E-state index contributed by atoms with van der Waals surface area (Å²) in [6.45, 7) is 9.92. The monoisotopic (exact) mass is 269 g/mol. The molecule has 112 valence electrons. The molecule has 0 aromatic rings. The second-order valence-corrected chi connectivity index (χ2v) is 7.32. The first-order valence-electron chi connectivity index (χ1n) is 7.74. The maximum atomic E-state index is 12.4. The number of carbonyl (C=O) groups excluding carboxylic acids is 1. The second-order valence-electron chi connectivity index (χ2n) is 7.32. The summed E-state index contributed by atoms with van der Waals surface area (Å²) in [5.74, 6) is 0.721. The summed E-state index contributed by atoms with van der Waals surface area (Å²) in [4.78, 5) is 14.5. The van der Waals surface area contributed by atoms with Crippen LogP contribution in [-0.2, 0) is 4.79 Å². The van der Waals surface area contributed by atoms with E-state index in [1.807, 2.05) is 4.90 Å². The number of hydrogen-bond acceptors (Lipinski definition) is 2. The lowest BCUT2D eigenvalue weighted by Crippen LogP contribution is -2.44. The number of amides is 1. The van der Waals surface area contributed by atoms with Crippen molar-refractivity contribution >= 4 is 5.91 Å². The molecule has 2 unspecified atom stereocenters. The zero-order valence-electron chi connectivity index (χ0n) is 13.1. The SMILES string of the molecule is CC(CC(=O)N1CCCCC1CCO)CC(C)(C)C. The number of aliphatic hydroxyl groups is 1. The number of hydrogen-bond donors (Lipinski definition) is 1. The minimum absolute atomic E-state index is 0.186. The number of rotatable bonds is 5. The molecular weight excluding hydrogens is 238 g/mol. The summed E-state index contributed by atoms with van der Waals surface area (Å²) >= 11 is 0. The molecule has 1 aliphatic rings. The van der Waals surface area contributed by atoms with E-state index >= 15 is 0 Å². The van der Waals surface area contributed by atoms with Gasteiger partial charge in [0, 0.05) is 25.6 Å². The number of carbonyl (C=O) groups is 1. The van der Waals surface area contributed by atoms with Gasteiger partial charge in [-0.05, 0) is 43.4 Å². The van der Waals surface area contributed by atoms with E-state index in [1.165, 1.54) is 6.42 Å². The Morgan fingerprint density at radius 3 is 2.63 bits per heavy atom. The molecule has 19 heavy (non-hydrogen) atoms. The van der Waals surface area contributed by atoms with Gasteiger partial charge < -0.3 is 10.0 Å². The van der Waals surface area contributed by atoms with Gasteiger partial charge in [0.05, 0.1) is 0 Å². The van der Waals surface area contributed by atoms with Gasteiger partial charge in [0.2, 0.25) is 5.91 Å². The fourth-order valence-corrected chi connectivity index (χ4v) is 3.31. The standard InChI is InChI=1S/C16H31NO2/c1-13(12-16(2,3)4)11-15(19)17-9-6-5-7-14(17)8-10-18/h13-14,18H,5-12H2,1-4H3. The van der Waals surface area contributed by atoms with Crippen LogP contribution in [0, 0.1) is 11.3 Å². The summed E-state index contributed by atoms with van der Waals surface area (Å²) in [6.07, 6.45) is 5.82. The summed E-state index contributed by atoms with van der Waals surface area (Å²) < 4.78 is 0. The molecule has 0 saturated carbocycles. The smallest absolute Gasteiger partial charge is 0.223 e. The van der Waals surface area contributed by atoms with E-state index in [1.54, 1.807) is 0 Å². The predicted octanol–water partition coefficient (Wildman–Crippen LogP) is 3.21. The quantitative estimate of drug-likeness (QED) is 0.832. The van der Waals surface area contributed by atoms with Crippen LogP contribution in [0.25, 0.3) is 0 Å². The van der Waals surface area contributed by atoms with Crippen molar-refractivity contribution in [1.29, 1.82) is 0 Å². The van der Waals surface area contributed by atoms with E-state index in [0.29, 0.717) is 12.3 Å². The van der Waals surface area contributed by atoms with Crippen molar-refractivity contribution in [3.05, 3.63) is 0 Å². The largest absolute Gasteiger partial charge is 0.396 e. The number of nitrogens with zero attached hydrogens (tertiary/aromatic N) is 1. The molecule has 0 aromatic carbocycles. The van der Waals surface area contributed by atoms with Crippen LogP contribution in [0.2, 0.25) is 0 Å². The first-order valence-corrected chi connectivity index (χ1v) is 7.74. The van der Waals surface area contributed by atoms with Crippen LogP contribution < -0.4 is 0 Å². The van der Waals surface area contributed by atoms with Crippen LogP contribution in [0.3, 0.4) is 0 Å². The third-order valence-corrected chi connectivity index (χ3v) is 3.89. The minimum Gasteiger partial charge on any atom is -0.396 e. The van der Waals surface area contributed by atoms with Crippen LogP contribution in [0.4, 0.5) is 0 Å². The molecule has 3 nitrogen and oxygen atoms in total.